The van der Waals surface area contributed by atoms with Crippen molar-refractivity contribution in [1.82, 2.24) is 14.8 Å². The average Bonchev–Trinajstić information content (AvgIpc) is 2.71. The number of benzene rings is 1. The molecule has 1 N–H and O–H groups in total. The molecule has 0 saturated carbocycles. The number of hydrogen-bond acceptors (Lipinski definition) is 2. The van der Waals surface area contributed by atoms with E-state index in [2.05, 4.69) is 41.9 Å². The van der Waals surface area contributed by atoms with Gasteiger partial charge in [-0.15, -0.1) is 5.10 Å². The summed E-state index contributed by atoms with van der Waals surface area (Å²) < 4.78 is 1.36. The third-order valence-corrected chi connectivity index (χ3v) is 4.77. The van der Waals surface area contributed by atoms with Gasteiger partial charge in [-0.1, -0.05) is 57.0 Å². The molecule has 0 fully saturated rings. The third-order valence-electron chi connectivity index (χ3n) is 2.30. The number of halogens is 2. The molecule has 0 saturated heterocycles. The van der Waals surface area contributed by atoms with E-state index in [1.165, 1.54) is 4.68 Å². The van der Waals surface area contributed by atoms with Crippen molar-refractivity contribution < 1.29 is 0 Å². The average molecular weight is 361 g/mol. The molecule has 1 aromatic heterocycles. The standard InChI is InChI=1S/C11H11Br2N3O/c1-7(12)9(13)10-14-11(17)16(15-10)8-5-3-2-4-6-8/h2-7,9H,1H3,(H,14,15,17)/t7-,9+/m0/s1. The van der Waals surface area contributed by atoms with Crippen LogP contribution in [0.4, 0.5) is 0 Å². The molecule has 0 unspecified atom stereocenters. The Kier molecular flexibility index (Phi) is 3.83. The lowest BCUT2D eigenvalue weighted by Gasteiger charge is -2.07. The minimum atomic E-state index is -0.233. The van der Waals surface area contributed by atoms with E-state index in [0.29, 0.717) is 5.82 Å². The summed E-state index contributed by atoms with van der Waals surface area (Å²) in [7, 11) is 0. The lowest BCUT2D eigenvalue weighted by Crippen LogP contribution is -2.15. The molecular formula is C11H11Br2N3O. The molecule has 0 amide bonds. The van der Waals surface area contributed by atoms with Crippen LogP contribution in [0.5, 0.6) is 0 Å². The zero-order chi connectivity index (χ0) is 12.4. The van der Waals surface area contributed by atoms with Crippen molar-refractivity contribution >= 4 is 31.9 Å². The van der Waals surface area contributed by atoms with E-state index in [-0.39, 0.29) is 15.3 Å². The maximum absolute atomic E-state index is 11.8. The largest absolute Gasteiger partial charge is 0.348 e. The van der Waals surface area contributed by atoms with Gasteiger partial charge in [-0.3, -0.25) is 4.98 Å². The van der Waals surface area contributed by atoms with Crippen LogP contribution in [0.15, 0.2) is 35.1 Å². The van der Waals surface area contributed by atoms with Crippen LogP contribution in [0, 0.1) is 0 Å². The lowest BCUT2D eigenvalue weighted by atomic mass is 10.3. The summed E-state index contributed by atoms with van der Waals surface area (Å²) in [5, 5.41) is 4.27. The van der Waals surface area contributed by atoms with Crippen molar-refractivity contribution in [3.8, 4) is 5.69 Å². The Morgan fingerprint density at radius 3 is 2.53 bits per heavy atom. The van der Waals surface area contributed by atoms with E-state index in [4.69, 9.17) is 0 Å². The molecule has 0 radical (unpaired) electrons. The molecule has 90 valence electrons. The Morgan fingerprint density at radius 2 is 1.94 bits per heavy atom. The lowest BCUT2D eigenvalue weighted by molar-refractivity contribution is 0.797. The Hall–Kier alpha value is -0.880. The molecule has 0 aliphatic carbocycles. The number of aromatic amines is 1. The smallest absolute Gasteiger partial charge is 0.291 e. The van der Waals surface area contributed by atoms with Crippen molar-refractivity contribution in [3.63, 3.8) is 0 Å². The van der Waals surface area contributed by atoms with Crippen LogP contribution in [-0.4, -0.2) is 19.6 Å². The fraction of sp³-hybridized carbons (Fsp3) is 0.273. The second kappa shape index (κ2) is 5.18. The van der Waals surface area contributed by atoms with Crippen molar-refractivity contribution in [2.45, 2.75) is 16.6 Å². The Balaban J connectivity index is 2.42. The zero-order valence-electron chi connectivity index (χ0n) is 9.10. The van der Waals surface area contributed by atoms with Gasteiger partial charge in [0.15, 0.2) is 0 Å². The second-order valence-electron chi connectivity index (χ2n) is 3.64. The number of aromatic nitrogens is 3. The summed E-state index contributed by atoms with van der Waals surface area (Å²) in [5.74, 6) is 0.614. The monoisotopic (exact) mass is 359 g/mol. The molecule has 2 rings (SSSR count). The summed E-state index contributed by atoms with van der Waals surface area (Å²) in [6, 6.07) is 9.32. The molecule has 0 aliphatic rings. The van der Waals surface area contributed by atoms with Crippen LogP contribution in [0.3, 0.4) is 0 Å². The Labute approximate surface area is 115 Å². The highest BCUT2D eigenvalue weighted by atomic mass is 79.9. The first-order chi connectivity index (χ1) is 8.09. The van der Waals surface area contributed by atoms with Crippen LogP contribution in [0.1, 0.15) is 17.6 Å². The maximum Gasteiger partial charge on any atom is 0.348 e. The molecule has 2 aromatic rings. The Morgan fingerprint density at radius 1 is 1.29 bits per heavy atom. The fourth-order valence-corrected chi connectivity index (χ4v) is 1.88. The minimum Gasteiger partial charge on any atom is -0.291 e. The van der Waals surface area contributed by atoms with Crippen molar-refractivity contribution in [1.29, 1.82) is 0 Å². The number of nitrogens with one attached hydrogen (secondary N) is 1. The van der Waals surface area contributed by atoms with E-state index in [0.717, 1.165) is 5.69 Å². The third kappa shape index (κ3) is 2.69. The molecule has 4 nitrogen and oxygen atoms in total. The molecule has 0 aliphatic heterocycles. The fourth-order valence-electron chi connectivity index (χ4n) is 1.43. The highest BCUT2D eigenvalue weighted by Gasteiger charge is 2.18. The van der Waals surface area contributed by atoms with E-state index in [1.54, 1.807) is 0 Å². The van der Waals surface area contributed by atoms with Crippen molar-refractivity contribution in [2.75, 3.05) is 0 Å². The SMILES string of the molecule is C[C@H](Br)[C@@H](Br)c1nn(-c2ccccc2)c(=O)[nH]1. The zero-order valence-corrected chi connectivity index (χ0v) is 12.3. The van der Waals surface area contributed by atoms with Gasteiger partial charge in [0.1, 0.15) is 5.82 Å². The van der Waals surface area contributed by atoms with E-state index in [1.807, 2.05) is 37.3 Å². The predicted molar refractivity (Wildman–Crippen MR) is 74.2 cm³/mol. The van der Waals surface area contributed by atoms with Crippen molar-refractivity contribution in [3.05, 3.63) is 46.6 Å². The minimum absolute atomic E-state index is 0.0276. The number of H-pyrrole nitrogens is 1. The van der Waals surface area contributed by atoms with E-state index >= 15 is 0 Å². The quantitative estimate of drug-likeness (QED) is 0.855. The maximum atomic E-state index is 11.8. The topological polar surface area (TPSA) is 50.7 Å². The van der Waals surface area contributed by atoms with Gasteiger partial charge in [-0.05, 0) is 12.1 Å². The van der Waals surface area contributed by atoms with Crippen LogP contribution in [0.25, 0.3) is 5.69 Å². The molecular weight excluding hydrogens is 350 g/mol. The molecule has 1 heterocycles. The summed E-state index contributed by atoms with van der Waals surface area (Å²) in [6.45, 7) is 1.99. The highest BCUT2D eigenvalue weighted by molar-refractivity contribution is 9.12. The predicted octanol–water partition coefficient (Wildman–Crippen LogP) is 2.78. The number of rotatable bonds is 3. The first-order valence-electron chi connectivity index (χ1n) is 5.12. The molecule has 17 heavy (non-hydrogen) atoms. The first-order valence-corrected chi connectivity index (χ1v) is 6.95. The number of hydrogen-bond donors (Lipinski definition) is 1. The molecule has 2 atom stereocenters. The van der Waals surface area contributed by atoms with Gasteiger partial charge in [0.2, 0.25) is 0 Å². The first kappa shape index (κ1) is 12.6. The van der Waals surface area contributed by atoms with Gasteiger partial charge < -0.3 is 0 Å². The van der Waals surface area contributed by atoms with E-state index in [9.17, 15) is 4.79 Å². The summed E-state index contributed by atoms with van der Waals surface area (Å²) >= 11 is 6.93. The van der Waals surface area contributed by atoms with Gasteiger partial charge in [-0.25, -0.2) is 4.79 Å². The second-order valence-corrected chi connectivity index (χ2v) is 6.07. The van der Waals surface area contributed by atoms with Crippen LogP contribution < -0.4 is 5.69 Å². The van der Waals surface area contributed by atoms with Crippen LogP contribution in [0.2, 0.25) is 0 Å². The summed E-state index contributed by atoms with van der Waals surface area (Å²) in [4.78, 5) is 14.7. The summed E-state index contributed by atoms with van der Waals surface area (Å²) in [6.07, 6.45) is 0. The summed E-state index contributed by atoms with van der Waals surface area (Å²) in [5.41, 5.74) is 0.519. The van der Waals surface area contributed by atoms with Crippen molar-refractivity contribution in [2.24, 2.45) is 0 Å². The number of para-hydroxylation sites is 1. The molecule has 0 spiro atoms. The molecule has 6 heteroatoms. The molecule has 1 aromatic carbocycles. The Bertz CT molecular complexity index is 547. The normalized spacial score (nSPS) is 14.5. The van der Waals surface area contributed by atoms with Crippen LogP contribution in [-0.2, 0) is 0 Å². The van der Waals surface area contributed by atoms with Gasteiger partial charge >= 0.3 is 5.69 Å². The molecule has 0 bridgehead atoms. The number of alkyl halides is 2. The van der Waals surface area contributed by atoms with Gasteiger partial charge in [0.25, 0.3) is 0 Å². The van der Waals surface area contributed by atoms with E-state index < -0.39 is 0 Å². The van der Waals surface area contributed by atoms with Crippen LogP contribution >= 0.6 is 31.9 Å². The van der Waals surface area contributed by atoms with Gasteiger partial charge in [-0.2, -0.15) is 4.68 Å². The van der Waals surface area contributed by atoms with Gasteiger partial charge in [0.05, 0.1) is 10.5 Å². The highest BCUT2D eigenvalue weighted by Crippen LogP contribution is 2.27. The van der Waals surface area contributed by atoms with Gasteiger partial charge in [0, 0.05) is 4.83 Å². The number of nitrogens with zero attached hydrogens (tertiary/aromatic N) is 2.